The number of hydrogen-bond acceptors (Lipinski definition) is 3. The Morgan fingerprint density at radius 2 is 2.33 bits per heavy atom. The summed E-state index contributed by atoms with van der Waals surface area (Å²) < 4.78 is 1.68. The maximum absolute atomic E-state index is 12.0. The monoisotopic (exact) mass is 245 g/mol. The van der Waals surface area contributed by atoms with Gasteiger partial charge in [-0.2, -0.15) is 5.10 Å². The number of amides is 1. The maximum atomic E-state index is 12.0. The zero-order valence-corrected chi connectivity index (χ0v) is 9.91. The average molecular weight is 245 g/mol. The second kappa shape index (κ2) is 4.42. The lowest BCUT2D eigenvalue weighted by Crippen LogP contribution is -2.38. The molecule has 0 aromatic carbocycles. The highest BCUT2D eigenvalue weighted by Gasteiger charge is 2.27. The van der Waals surface area contributed by atoms with Gasteiger partial charge in [0, 0.05) is 12.7 Å². The molecule has 3 rings (SSSR count). The van der Waals surface area contributed by atoms with E-state index in [9.17, 15) is 9.90 Å². The summed E-state index contributed by atoms with van der Waals surface area (Å²) in [6, 6.07) is 5.63. The first-order valence-electron chi connectivity index (χ1n) is 6.12. The van der Waals surface area contributed by atoms with Gasteiger partial charge < -0.3 is 10.4 Å². The molecule has 1 fully saturated rings. The molecule has 0 radical (unpaired) electrons. The maximum Gasteiger partial charge on any atom is 0.255 e. The van der Waals surface area contributed by atoms with E-state index in [4.69, 9.17) is 0 Å². The number of aliphatic hydroxyl groups excluding tert-OH is 1. The van der Waals surface area contributed by atoms with Gasteiger partial charge in [0.1, 0.15) is 0 Å². The van der Waals surface area contributed by atoms with Gasteiger partial charge in [-0.15, -0.1) is 0 Å². The fraction of sp³-hybridized carbons (Fsp3) is 0.385. The van der Waals surface area contributed by atoms with Gasteiger partial charge in [-0.05, 0) is 30.9 Å². The molecule has 5 nitrogen and oxygen atoms in total. The molecule has 2 aromatic heterocycles. The highest BCUT2D eigenvalue weighted by molar-refractivity contribution is 6.00. The molecule has 1 aliphatic rings. The fourth-order valence-corrected chi connectivity index (χ4v) is 2.31. The smallest absolute Gasteiger partial charge is 0.255 e. The first-order valence-corrected chi connectivity index (χ1v) is 6.12. The van der Waals surface area contributed by atoms with Crippen LogP contribution < -0.4 is 5.32 Å². The van der Waals surface area contributed by atoms with Gasteiger partial charge in [0.05, 0.1) is 23.4 Å². The number of aromatic nitrogens is 2. The molecule has 0 atom stereocenters. The van der Waals surface area contributed by atoms with Crippen molar-refractivity contribution in [1.29, 1.82) is 0 Å². The molecule has 2 aromatic rings. The van der Waals surface area contributed by atoms with E-state index in [1.807, 2.05) is 24.4 Å². The van der Waals surface area contributed by atoms with Crippen molar-refractivity contribution in [3.8, 4) is 0 Å². The molecular weight excluding hydrogens is 230 g/mol. The van der Waals surface area contributed by atoms with Crippen LogP contribution in [-0.4, -0.2) is 33.3 Å². The first kappa shape index (κ1) is 11.2. The van der Waals surface area contributed by atoms with Crippen molar-refractivity contribution in [2.24, 2.45) is 5.92 Å². The van der Waals surface area contributed by atoms with E-state index in [0.717, 1.165) is 18.4 Å². The molecule has 18 heavy (non-hydrogen) atoms. The van der Waals surface area contributed by atoms with Gasteiger partial charge in [0.15, 0.2) is 0 Å². The summed E-state index contributed by atoms with van der Waals surface area (Å²) >= 11 is 0. The van der Waals surface area contributed by atoms with Crippen LogP contribution in [0.1, 0.15) is 23.2 Å². The normalized spacial score (nSPS) is 22.7. The van der Waals surface area contributed by atoms with Crippen molar-refractivity contribution in [2.45, 2.75) is 18.9 Å². The van der Waals surface area contributed by atoms with Crippen LogP contribution >= 0.6 is 0 Å². The van der Waals surface area contributed by atoms with Crippen molar-refractivity contribution in [2.75, 3.05) is 6.54 Å². The molecule has 0 bridgehead atoms. The number of carbonyl (C=O) groups is 1. The number of aliphatic hydroxyl groups is 1. The Hall–Kier alpha value is -1.88. The molecule has 0 saturated heterocycles. The van der Waals surface area contributed by atoms with Crippen molar-refractivity contribution >= 4 is 11.4 Å². The Labute approximate surface area is 104 Å². The number of pyridine rings is 1. The number of nitrogens with zero attached hydrogens (tertiary/aromatic N) is 2. The Kier molecular flexibility index (Phi) is 2.76. The number of rotatable bonds is 3. The first-order chi connectivity index (χ1) is 8.74. The quantitative estimate of drug-likeness (QED) is 0.842. The van der Waals surface area contributed by atoms with Crippen LogP contribution in [-0.2, 0) is 0 Å². The van der Waals surface area contributed by atoms with Crippen molar-refractivity contribution in [3.63, 3.8) is 0 Å². The van der Waals surface area contributed by atoms with Crippen LogP contribution in [0.15, 0.2) is 30.6 Å². The van der Waals surface area contributed by atoms with E-state index in [1.54, 1.807) is 10.7 Å². The summed E-state index contributed by atoms with van der Waals surface area (Å²) in [5.74, 6) is 0.309. The zero-order chi connectivity index (χ0) is 12.5. The third-order valence-corrected chi connectivity index (χ3v) is 3.43. The van der Waals surface area contributed by atoms with Crippen LogP contribution in [0, 0.1) is 5.92 Å². The van der Waals surface area contributed by atoms with Gasteiger partial charge in [-0.25, -0.2) is 4.52 Å². The van der Waals surface area contributed by atoms with Crippen LogP contribution in [0.2, 0.25) is 0 Å². The molecule has 0 spiro atoms. The van der Waals surface area contributed by atoms with E-state index in [1.165, 1.54) is 0 Å². The second-order valence-electron chi connectivity index (χ2n) is 4.79. The van der Waals surface area contributed by atoms with Gasteiger partial charge in [0.2, 0.25) is 0 Å². The Morgan fingerprint density at radius 3 is 3.11 bits per heavy atom. The minimum atomic E-state index is -0.177. The molecule has 0 aliphatic heterocycles. The van der Waals surface area contributed by atoms with E-state index in [0.29, 0.717) is 18.0 Å². The largest absolute Gasteiger partial charge is 0.393 e. The van der Waals surface area contributed by atoms with E-state index >= 15 is 0 Å². The lowest BCUT2D eigenvalue weighted by atomic mass is 9.82. The summed E-state index contributed by atoms with van der Waals surface area (Å²) in [6.45, 7) is 0.625. The topological polar surface area (TPSA) is 66.6 Å². The van der Waals surface area contributed by atoms with Gasteiger partial charge >= 0.3 is 0 Å². The number of fused-ring (bicyclic) bond motifs is 1. The van der Waals surface area contributed by atoms with Gasteiger partial charge in [-0.1, -0.05) is 6.07 Å². The van der Waals surface area contributed by atoms with Gasteiger partial charge in [-0.3, -0.25) is 4.79 Å². The molecule has 2 N–H and O–H groups in total. The molecule has 1 aliphatic carbocycles. The number of nitrogens with one attached hydrogen (secondary N) is 1. The lowest BCUT2D eigenvalue weighted by molar-refractivity contribution is 0.0420. The van der Waals surface area contributed by atoms with Crippen molar-refractivity contribution < 1.29 is 9.90 Å². The molecule has 5 heteroatoms. The van der Waals surface area contributed by atoms with Crippen molar-refractivity contribution in [3.05, 3.63) is 36.2 Å². The Balaban J connectivity index is 1.68. The minimum Gasteiger partial charge on any atom is -0.393 e. The van der Waals surface area contributed by atoms with Gasteiger partial charge in [0.25, 0.3) is 5.91 Å². The molecule has 1 saturated carbocycles. The summed E-state index contributed by atoms with van der Waals surface area (Å²) in [4.78, 5) is 12.0. The summed E-state index contributed by atoms with van der Waals surface area (Å²) in [5.41, 5.74) is 1.40. The summed E-state index contributed by atoms with van der Waals surface area (Å²) in [6.07, 6.45) is 4.79. The van der Waals surface area contributed by atoms with Crippen molar-refractivity contribution in [1.82, 2.24) is 14.9 Å². The SMILES string of the molecule is O=C(NCC1CC(O)C1)c1cnn2ccccc12. The predicted octanol–water partition coefficient (Wildman–Crippen LogP) is 0.835. The third-order valence-electron chi connectivity index (χ3n) is 3.43. The Bertz CT molecular complexity index is 572. The van der Waals surface area contributed by atoms with E-state index < -0.39 is 0 Å². The highest BCUT2D eigenvalue weighted by atomic mass is 16.3. The predicted molar refractivity (Wildman–Crippen MR) is 66.3 cm³/mol. The number of hydrogen-bond donors (Lipinski definition) is 2. The third kappa shape index (κ3) is 1.97. The molecule has 1 amide bonds. The van der Waals surface area contributed by atoms with Crippen LogP contribution in [0.5, 0.6) is 0 Å². The fourth-order valence-electron chi connectivity index (χ4n) is 2.31. The average Bonchev–Trinajstić information content (AvgIpc) is 2.76. The summed E-state index contributed by atoms with van der Waals surface area (Å²) in [5, 5.41) is 16.2. The second-order valence-corrected chi connectivity index (χ2v) is 4.79. The van der Waals surface area contributed by atoms with Crippen LogP contribution in [0.4, 0.5) is 0 Å². The molecule has 2 heterocycles. The lowest BCUT2D eigenvalue weighted by Gasteiger charge is -2.31. The molecule has 0 unspecified atom stereocenters. The van der Waals surface area contributed by atoms with Crippen LogP contribution in [0.25, 0.3) is 5.52 Å². The molecular formula is C13H15N3O2. The minimum absolute atomic E-state index is 0.0995. The van der Waals surface area contributed by atoms with E-state index in [-0.39, 0.29) is 12.0 Å². The van der Waals surface area contributed by atoms with Crippen LogP contribution in [0.3, 0.4) is 0 Å². The van der Waals surface area contributed by atoms with E-state index in [2.05, 4.69) is 10.4 Å². The number of carbonyl (C=O) groups excluding carboxylic acids is 1. The summed E-state index contributed by atoms with van der Waals surface area (Å²) in [7, 11) is 0. The highest BCUT2D eigenvalue weighted by Crippen LogP contribution is 2.26. The molecule has 94 valence electrons. The Morgan fingerprint density at radius 1 is 1.50 bits per heavy atom. The zero-order valence-electron chi connectivity index (χ0n) is 9.91. The standard InChI is InChI=1S/C13H15N3O2/c17-10-5-9(6-10)7-14-13(18)11-8-15-16-4-2-1-3-12(11)16/h1-4,8-10,17H,5-7H2,(H,14,18).